The van der Waals surface area contributed by atoms with Crippen molar-refractivity contribution in [3.63, 3.8) is 0 Å². The molecule has 0 bridgehead atoms. The Balaban J connectivity index is 1.34. The van der Waals surface area contributed by atoms with Gasteiger partial charge in [0, 0.05) is 47.9 Å². The fraction of sp³-hybridized carbons (Fsp3) is 0.231. The van der Waals surface area contributed by atoms with Gasteiger partial charge in [-0.3, -0.25) is 14.2 Å². The summed E-state index contributed by atoms with van der Waals surface area (Å²) in [5.41, 5.74) is 6.80. The minimum absolute atomic E-state index is 0.0151. The van der Waals surface area contributed by atoms with E-state index in [1.807, 2.05) is 51.9 Å². The van der Waals surface area contributed by atoms with Gasteiger partial charge in [0.25, 0.3) is 5.91 Å². The first kappa shape index (κ1) is 21.3. The van der Waals surface area contributed by atoms with E-state index in [9.17, 15) is 10.0 Å². The van der Waals surface area contributed by atoms with E-state index in [0.717, 1.165) is 52.4 Å². The number of hydrogen-bond acceptors (Lipinski definition) is 7. The number of imidazole rings is 1. The van der Waals surface area contributed by atoms with Crippen LogP contribution in [-0.4, -0.2) is 62.4 Å². The number of aryl methyl sites for hydroxylation is 1. The van der Waals surface area contributed by atoms with Crippen LogP contribution < -0.4 is 5.32 Å². The molecular weight excluding hydrogens is 444 g/mol. The molecule has 0 atom stereocenters. The average molecular weight is 469 g/mol. The summed E-state index contributed by atoms with van der Waals surface area (Å²) in [5, 5.41) is 16.2. The molecule has 1 aliphatic carbocycles. The highest BCUT2D eigenvalue weighted by atomic mass is 16.5. The van der Waals surface area contributed by atoms with Gasteiger partial charge in [0.15, 0.2) is 5.65 Å². The van der Waals surface area contributed by atoms with Crippen molar-refractivity contribution in [1.29, 1.82) is 0 Å². The molecule has 176 valence electrons. The van der Waals surface area contributed by atoms with Gasteiger partial charge >= 0.3 is 0 Å². The number of morpholine rings is 1. The van der Waals surface area contributed by atoms with Crippen molar-refractivity contribution in [2.75, 3.05) is 31.6 Å². The summed E-state index contributed by atoms with van der Waals surface area (Å²) in [6, 6.07) is 13.6. The van der Waals surface area contributed by atoms with E-state index >= 15 is 0 Å². The van der Waals surface area contributed by atoms with Crippen LogP contribution in [0.5, 0.6) is 0 Å². The van der Waals surface area contributed by atoms with E-state index in [0.29, 0.717) is 37.5 Å². The Morgan fingerprint density at radius 1 is 1.09 bits per heavy atom. The third kappa shape index (κ3) is 3.89. The Bertz CT molecular complexity index is 1440. The smallest absolute Gasteiger partial charge is 0.254 e. The lowest BCUT2D eigenvalue weighted by atomic mass is 10.1. The van der Waals surface area contributed by atoms with Gasteiger partial charge in [-0.2, -0.15) is 0 Å². The molecule has 2 aliphatic rings. The summed E-state index contributed by atoms with van der Waals surface area (Å²) < 4.78 is 7.32. The Hall–Kier alpha value is -4.24. The van der Waals surface area contributed by atoms with Crippen LogP contribution in [0.2, 0.25) is 0 Å². The first-order valence-corrected chi connectivity index (χ1v) is 11.6. The molecule has 0 spiro atoms. The minimum Gasteiger partial charge on any atom is -0.411 e. The predicted octanol–water partition coefficient (Wildman–Crippen LogP) is 3.74. The largest absolute Gasteiger partial charge is 0.411 e. The maximum Gasteiger partial charge on any atom is 0.254 e. The van der Waals surface area contributed by atoms with E-state index < -0.39 is 0 Å². The molecule has 2 N–H and O–H groups in total. The van der Waals surface area contributed by atoms with E-state index in [2.05, 4.69) is 21.5 Å². The molecule has 0 saturated carbocycles. The van der Waals surface area contributed by atoms with Gasteiger partial charge < -0.3 is 20.2 Å². The molecule has 2 aromatic heterocycles. The van der Waals surface area contributed by atoms with Gasteiger partial charge in [0.2, 0.25) is 0 Å². The Morgan fingerprint density at radius 3 is 2.71 bits per heavy atom. The highest BCUT2D eigenvalue weighted by Gasteiger charge is 2.21. The fourth-order valence-corrected chi connectivity index (χ4v) is 4.74. The van der Waals surface area contributed by atoms with Crippen LogP contribution in [-0.2, 0) is 11.2 Å². The molecule has 35 heavy (non-hydrogen) atoms. The number of benzene rings is 2. The third-order valence-electron chi connectivity index (χ3n) is 6.56. The SMILES string of the molecule is O=C(c1ccc(-c2nc3cnccn3c2Nc2ccc3c(c2)CCC3=NO)cc1)N1CCOCC1. The van der Waals surface area contributed by atoms with E-state index in [4.69, 9.17) is 9.72 Å². The number of fused-ring (bicyclic) bond motifs is 2. The van der Waals surface area contributed by atoms with E-state index in [1.165, 1.54) is 0 Å². The number of nitrogens with zero attached hydrogens (tertiary/aromatic N) is 5. The molecule has 1 saturated heterocycles. The number of anilines is 2. The quantitative estimate of drug-likeness (QED) is 0.349. The summed E-state index contributed by atoms with van der Waals surface area (Å²) in [4.78, 5) is 23.7. The van der Waals surface area contributed by atoms with Crippen LogP contribution in [0.15, 0.2) is 66.2 Å². The van der Waals surface area contributed by atoms with Gasteiger partial charge in [0.1, 0.15) is 11.5 Å². The lowest BCUT2D eigenvalue weighted by Crippen LogP contribution is -2.40. The lowest BCUT2D eigenvalue weighted by molar-refractivity contribution is 0.0303. The number of carbonyl (C=O) groups excluding carboxylic acids is 1. The van der Waals surface area contributed by atoms with Crippen LogP contribution in [0.4, 0.5) is 11.5 Å². The molecule has 6 rings (SSSR count). The number of oxime groups is 1. The summed E-state index contributed by atoms with van der Waals surface area (Å²) in [7, 11) is 0. The molecule has 1 fully saturated rings. The molecular formula is C26H24N6O3. The monoisotopic (exact) mass is 468 g/mol. The zero-order valence-corrected chi connectivity index (χ0v) is 19.0. The summed E-state index contributed by atoms with van der Waals surface area (Å²) in [6.07, 6.45) is 6.89. The summed E-state index contributed by atoms with van der Waals surface area (Å²) in [5.74, 6) is 0.824. The van der Waals surface area contributed by atoms with Crippen molar-refractivity contribution in [3.8, 4) is 11.3 Å². The summed E-state index contributed by atoms with van der Waals surface area (Å²) >= 11 is 0. The Morgan fingerprint density at radius 2 is 1.91 bits per heavy atom. The van der Waals surface area contributed by atoms with Gasteiger partial charge in [-0.15, -0.1) is 0 Å². The normalized spacial score (nSPS) is 16.6. The fourth-order valence-electron chi connectivity index (χ4n) is 4.74. The molecule has 1 aliphatic heterocycles. The topological polar surface area (TPSA) is 104 Å². The van der Waals surface area contributed by atoms with Crippen LogP contribution in [0.25, 0.3) is 16.9 Å². The third-order valence-corrected chi connectivity index (χ3v) is 6.56. The Kier molecular flexibility index (Phi) is 5.38. The van der Waals surface area contributed by atoms with Crippen LogP contribution >= 0.6 is 0 Å². The van der Waals surface area contributed by atoms with Crippen molar-refractivity contribution in [2.24, 2.45) is 5.16 Å². The van der Waals surface area contributed by atoms with Gasteiger partial charge in [-0.05, 0) is 42.7 Å². The second-order valence-electron chi connectivity index (χ2n) is 8.64. The number of nitrogens with one attached hydrogen (secondary N) is 1. The highest BCUT2D eigenvalue weighted by molar-refractivity contribution is 6.04. The van der Waals surface area contributed by atoms with Crippen molar-refractivity contribution in [1.82, 2.24) is 19.3 Å². The zero-order valence-electron chi connectivity index (χ0n) is 19.0. The zero-order chi connectivity index (χ0) is 23.8. The molecule has 4 aromatic rings. The number of rotatable bonds is 4. The van der Waals surface area contributed by atoms with Crippen LogP contribution in [0.3, 0.4) is 0 Å². The maximum absolute atomic E-state index is 12.8. The van der Waals surface area contributed by atoms with Crippen molar-refractivity contribution in [2.45, 2.75) is 12.8 Å². The lowest BCUT2D eigenvalue weighted by Gasteiger charge is -2.26. The summed E-state index contributed by atoms with van der Waals surface area (Å²) in [6.45, 7) is 2.37. The Labute approximate surface area is 201 Å². The average Bonchev–Trinajstić information content (AvgIpc) is 3.50. The van der Waals surface area contributed by atoms with Crippen molar-refractivity contribution in [3.05, 3.63) is 77.7 Å². The predicted molar refractivity (Wildman–Crippen MR) is 132 cm³/mol. The number of ether oxygens (including phenoxy) is 1. The van der Waals surface area contributed by atoms with Crippen LogP contribution in [0, 0.1) is 0 Å². The molecule has 9 nitrogen and oxygen atoms in total. The maximum atomic E-state index is 12.8. The van der Waals surface area contributed by atoms with Crippen molar-refractivity contribution >= 4 is 28.8 Å². The first-order valence-electron chi connectivity index (χ1n) is 11.6. The van der Waals surface area contributed by atoms with Gasteiger partial charge in [-0.1, -0.05) is 23.4 Å². The molecule has 9 heteroatoms. The molecule has 3 heterocycles. The number of carbonyl (C=O) groups is 1. The van der Waals surface area contributed by atoms with Crippen molar-refractivity contribution < 1.29 is 14.7 Å². The molecule has 2 aromatic carbocycles. The van der Waals surface area contributed by atoms with Gasteiger partial charge in [-0.25, -0.2) is 4.98 Å². The highest BCUT2D eigenvalue weighted by Crippen LogP contribution is 2.33. The standard InChI is InChI=1S/C26H24N6O3/c33-26(31-11-13-35-14-12-31)18-3-1-17(2-4-18)24-25(32-10-9-27-16-23(32)29-24)28-20-6-7-21-19(15-20)5-8-22(21)30-34/h1-4,6-7,9-10,15-16,28,34H,5,8,11-14H2. The first-order chi connectivity index (χ1) is 17.2. The minimum atomic E-state index is 0.0151. The number of amides is 1. The van der Waals surface area contributed by atoms with Gasteiger partial charge in [0.05, 0.1) is 25.1 Å². The number of hydrogen-bond donors (Lipinski definition) is 2. The van der Waals surface area contributed by atoms with E-state index in [1.54, 1.807) is 12.4 Å². The molecule has 0 radical (unpaired) electrons. The second-order valence-corrected chi connectivity index (χ2v) is 8.64. The molecule has 0 unspecified atom stereocenters. The van der Waals surface area contributed by atoms with Crippen LogP contribution in [0.1, 0.15) is 27.9 Å². The number of aromatic nitrogens is 3. The second kappa shape index (κ2) is 8.84. The van der Waals surface area contributed by atoms with E-state index in [-0.39, 0.29) is 5.91 Å². The molecule has 1 amide bonds.